The monoisotopic (exact) mass is 281 g/mol. The summed E-state index contributed by atoms with van der Waals surface area (Å²) >= 11 is 5.99. The van der Waals surface area contributed by atoms with Crippen LogP contribution in [-0.4, -0.2) is 23.0 Å². The molecule has 102 valence electrons. The third-order valence-corrected chi connectivity index (χ3v) is 2.56. The number of amides is 1. The van der Waals surface area contributed by atoms with E-state index in [1.807, 2.05) is 26.8 Å². The van der Waals surface area contributed by atoms with E-state index in [1.165, 1.54) is 12.3 Å². The summed E-state index contributed by atoms with van der Waals surface area (Å²) in [6, 6.07) is 2.96. The highest BCUT2D eigenvalue weighted by Crippen LogP contribution is 2.23. The van der Waals surface area contributed by atoms with Crippen LogP contribution in [0.15, 0.2) is 12.3 Å². The van der Waals surface area contributed by atoms with Crippen LogP contribution in [0.25, 0.3) is 0 Å². The standard InChI is InChI=1S/C13H16ClN3O2/c1-4-10(6-15)17-12(18)9-5-11(14)13(16-7-9)19-8(2)3/h5,7-8,10H,4H2,1-3H3,(H,17,18)/t10-/m1/s1. The lowest BCUT2D eigenvalue weighted by molar-refractivity contribution is 0.0944. The maximum atomic E-state index is 11.9. The van der Waals surface area contributed by atoms with Gasteiger partial charge in [0, 0.05) is 6.20 Å². The zero-order chi connectivity index (χ0) is 14.4. The summed E-state index contributed by atoms with van der Waals surface area (Å²) in [4.78, 5) is 15.9. The lowest BCUT2D eigenvalue weighted by Gasteiger charge is -2.12. The molecule has 6 heteroatoms. The Morgan fingerprint density at radius 3 is 2.79 bits per heavy atom. The number of pyridine rings is 1. The topological polar surface area (TPSA) is 75.0 Å². The number of hydrogen-bond acceptors (Lipinski definition) is 4. The van der Waals surface area contributed by atoms with Gasteiger partial charge in [-0.2, -0.15) is 5.26 Å². The van der Waals surface area contributed by atoms with Gasteiger partial charge in [0.25, 0.3) is 5.91 Å². The molecule has 0 aliphatic heterocycles. The van der Waals surface area contributed by atoms with Crippen LogP contribution in [0.4, 0.5) is 0 Å². The second kappa shape index (κ2) is 6.95. The number of ether oxygens (including phenoxy) is 1. The summed E-state index contributed by atoms with van der Waals surface area (Å²) in [5.74, 6) is -0.0839. The zero-order valence-corrected chi connectivity index (χ0v) is 11.9. The highest BCUT2D eigenvalue weighted by atomic mass is 35.5. The van der Waals surface area contributed by atoms with E-state index < -0.39 is 6.04 Å². The van der Waals surface area contributed by atoms with E-state index in [1.54, 1.807) is 0 Å². The molecule has 0 unspecified atom stereocenters. The lowest BCUT2D eigenvalue weighted by Crippen LogP contribution is -2.33. The van der Waals surface area contributed by atoms with Gasteiger partial charge in [0.15, 0.2) is 0 Å². The quantitative estimate of drug-likeness (QED) is 0.900. The molecular formula is C13H16ClN3O2. The third kappa shape index (κ3) is 4.42. The molecule has 0 saturated carbocycles. The minimum absolute atomic E-state index is 0.0484. The lowest BCUT2D eigenvalue weighted by atomic mass is 10.2. The van der Waals surface area contributed by atoms with Crippen molar-refractivity contribution in [3.63, 3.8) is 0 Å². The van der Waals surface area contributed by atoms with Crippen molar-refractivity contribution in [1.29, 1.82) is 5.26 Å². The van der Waals surface area contributed by atoms with E-state index in [9.17, 15) is 4.79 Å². The van der Waals surface area contributed by atoms with Gasteiger partial charge in [0.2, 0.25) is 5.88 Å². The van der Waals surface area contributed by atoms with E-state index in [-0.39, 0.29) is 17.0 Å². The molecule has 1 N–H and O–H groups in total. The Morgan fingerprint density at radius 1 is 1.63 bits per heavy atom. The SMILES string of the molecule is CC[C@H](C#N)NC(=O)c1cnc(OC(C)C)c(Cl)c1. The number of carbonyl (C=O) groups is 1. The molecule has 0 aromatic carbocycles. The maximum absolute atomic E-state index is 11.9. The van der Waals surface area contributed by atoms with E-state index in [0.717, 1.165) is 0 Å². The van der Waals surface area contributed by atoms with Crippen LogP contribution in [0.1, 0.15) is 37.6 Å². The molecule has 0 aliphatic carbocycles. The maximum Gasteiger partial charge on any atom is 0.253 e. The zero-order valence-electron chi connectivity index (χ0n) is 11.1. The van der Waals surface area contributed by atoms with Gasteiger partial charge in [-0.3, -0.25) is 4.79 Å². The number of nitrogens with one attached hydrogen (secondary N) is 1. The van der Waals surface area contributed by atoms with Crippen LogP contribution in [0.2, 0.25) is 5.02 Å². The predicted molar refractivity (Wildman–Crippen MR) is 72.2 cm³/mol. The van der Waals surface area contributed by atoms with Crippen molar-refractivity contribution < 1.29 is 9.53 Å². The fourth-order valence-corrected chi connectivity index (χ4v) is 1.54. The normalized spacial score (nSPS) is 11.8. The average Bonchev–Trinajstić information content (AvgIpc) is 2.37. The largest absolute Gasteiger partial charge is 0.474 e. The highest BCUT2D eigenvalue weighted by Gasteiger charge is 2.14. The molecule has 1 aromatic rings. The van der Waals surface area contributed by atoms with Gasteiger partial charge < -0.3 is 10.1 Å². The third-order valence-electron chi connectivity index (χ3n) is 2.29. The molecule has 0 spiro atoms. The first-order valence-electron chi connectivity index (χ1n) is 6.00. The highest BCUT2D eigenvalue weighted by molar-refractivity contribution is 6.32. The van der Waals surface area contributed by atoms with Crippen LogP contribution in [0.3, 0.4) is 0 Å². The summed E-state index contributed by atoms with van der Waals surface area (Å²) in [6.45, 7) is 5.54. The Morgan fingerprint density at radius 2 is 2.32 bits per heavy atom. The molecule has 1 rings (SSSR count). The molecule has 1 atom stereocenters. The second-order valence-electron chi connectivity index (χ2n) is 4.24. The summed E-state index contributed by atoms with van der Waals surface area (Å²) < 4.78 is 5.38. The number of hydrogen-bond donors (Lipinski definition) is 1. The van der Waals surface area contributed by atoms with Crippen molar-refractivity contribution in [3.05, 3.63) is 22.8 Å². The second-order valence-corrected chi connectivity index (χ2v) is 4.65. The summed E-state index contributed by atoms with van der Waals surface area (Å²) in [5, 5.41) is 11.6. The van der Waals surface area contributed by atoms with Crippen molar-refractivity contribution >= 4 is 17.5 Å². The molecule has 0 aliphatic rings. The molecule has 0 fully saturated rings. The molecular weight excluding hydrogens is 266 g/mol. The Bertz CT molecular complexity index is 497. The Kier molecular flexibility index (Phi) is 5.58. The van der Waals surface area contributed by atoms with Gasteiger partial charge in [-0.25, -0.2) is 4.98 Å². The molecule has 1 amide bonds. The Labute approximate surface area is 117 Å². The predicted octanol–water partition coefficient (Wildman–Crippen LogP) is 2.55. The van der Waals surface area contributed by atoms with Gasteiger partial charge >= 0.3 is 0 Å². The van der Waals surface area contributed by atoms with Gasteiger partial charge in [-0.05, 0) is 26.3 Å². The molecule has 5 nitrogen and oxygen atoms in total. The fourth-order valence-electron chi connectivity index (χ4n) is 1.33. The molecule has 0 bridgehead atoms. The summed E-state index contributed by atoms with van der Waals surface area (Å²) in [5.41, 5.74) is 0.301. The first-order valence-corrected chi connectivity index (χ1v) is 6.38. The van der Waals surface area contributed by atoms with Crippen molar-refractivity contribution in [3.8, 4) is 11.9 Å². The number of aromatic nitrogens is 1. The van der Waals surface area contributed by atoms with Gasteiger partial charge in [0.05, 0.1) is 17.7 Å². The molecule has 0 radical (unpaired) electrons. The van der Waals surface area contributed by atoms with Crippen LogP contribution < -0.4 is 10.1 Å². The van der Waals surface area contributed by atoms with Crippen LogP contribution in [0.5, 0.6) is 5.88 Å². The van der Waals surface area contributed by atoms with Crippen LogP contribution >= 0.6 is 11.6 Å². The fraction of sp³-hybridized carbons (Fsp3) is 0.462. The summed E-state index contributed by atoms with van der Waals surface area (Å²) in [7, 11) is 0. The number of halogens is 1. The first-order chi connectivity index (χ1) is 8.97. The molecule has 1 heterocycles. The molecule has 19 heavy (non-hydrogen) atoms. The van der Waals surface area contributed by atoms with Crippen LogP contribution in [0, 0.1) is 11.3 Å². The van der Waals surface area contributed by atoms with E-state index >= 15 is 0 Å². The minimum Gasteiger partial charge on any atom is -0.474 e. The van der Waals surface area contributed by atoms with E-state index in [4.69, 9.17) is 21.6 Å². The number of nitriles is 1. The van der Waals surface area contributed by atoms with Gasteiger partial charge in [-0.1, -0.05) is 18.5 Å². The van der Waals surface area contributed by atoms with Gasteiger partial charge in [0.1, 0.15) is 11.1 Å². The number of rotatable bonds is 5. The Balaban J connectivity index is 2.83. The average molecular weight is 282 g/mol. The van der Waals surface area contributed by atoms with Crippen molar-refractivity contribution in [2.24, 2.45) is 0 Å². The summed E-state index contributed by atoms with van der Waals surface area (Å²) in [6.07, 6.45) is 1.87. The first kappa shape index (κ1) is 15.3. The molecule has 1 aromatic heterocycles. The van der Waals surface area contributed by atoms with Gasteiger partial charge in [-0.15, -0.1) is 0 Å². The Hall–Kier alpha value is -1.80. The molecule has 0 saturated heterocycles. The number of carbonyl (C=O) groups excluding carboxylic acids is 1. The van der Waals surface area contributed by atoms with Crippen molar-refractivity contribution in [2.75, 3.05) is 0 Å². The van der Waals surface area contributed by atoms with E-state index in [2.05, 4.69) is 10.3 Å². The smallest absolute Gasteiger partial charge is 0.253 e. The minimum atomic E-state index is -0.516. The van der Waals surface area contributed by atoms with Crippen molar-refractivity contribution in [1.82, 2.24) is 10.3 Å². The van der Waals surface area contributed by atoms with E-state index in [0.29, 0.717) is 17.9 Å². The van der Waals surface area contributed by atoms with Crippen LogP contribution in [-0.2, 0) is 0 Å². The van der Waals surface area contributed by atoms with Crippen molar-refractivity contribution in [2.45, 2.75) is 39.3 Å². The number of nitrogens with zero attached hydrogens (tertiary/aromatic N) is 2.